The quantitative estimate of drug-likeness (QED) is 0.772. The normalized spacial score (nSPS) is 25.5. The van der Waals surface area contributed by atoms with Crippen molar-refractivity contribution in [1.82, 2.24) is 9.80 Å². The van der Waals surface area contributed by atoms with Crippen molar-refractivity contribution >= 4 is 5.97 Å². The number of esters is 1. The van der Waals surface area contributed by atoms with Gasteiger partial charge < -0.3 is 14.2 Å². The highest BCUT2D eigenvalue weighted by Gasteiger charge is 2.33. The molecule has 3 aliphatic rings. The zero-order valence-electron chi connectivity index (χ0n) is 12.5. The maximum atomic E-state index is 11.7. The molecule has 0 saturated carbocycles. The molecule has 1 aromatic carbocycles. The van der Waals surface area contributed by atoms with E-state index in [0.29, 0.717) is 13.4 Å². The molecule has 0 N–H and O–H groups in total. The highest BCUT2D eigenvalue weighted by atomic mass is 16.7. The van der Waals surface area contributed by atoms with E-state index in [1.165, 1.54) is 5.56 Å². The summed E-state index contributed by atoms with van der Waals surface area (Å²) in [4.78, 5) is 16.3. The zero-order chi connectivity index (χ0) is 14.9. The molecule has 6 nitrogen and oxygen atoms in total. The fourth-order valence-electron chi connectivity index (χ4n) is 3.35. The maximum Gasteiger partial charge on any atom is 0.323 e. The molecule has 22 heavy (non-hydrogen) atoms. The number of fused-ring (bicyclic) bond motifs is 1. The van der Waals surface area contributed by atoms with Crippen LogP contribution in [0.3, 0.4) is 0 Å². The summed E-state index contributed by atoms with van der Waals surface area (Å²) >= 11 is 0. The molecule has 3 aliphatic heterocycles. The first-order valence-corrected chi connectivity index (χ1v) is 7.81. The maximum absolute atomic E-state index is 11.7. The summed E-state index contributed by atoms with van der Waals surface area (Å²) in [6, 6.07) is 6.10. The van der Waals surface area contributed by atoms with Crippen molar-refractivity contribution in [2.75, 3.05) is 39.6 Å². The average Bonchev–Trinajstić information content (AvgIpc) is 3.16. The SMILES string of the molecule is O=C1OCCC1N1CCN(Cc2ccc3c(c2)OCO3)CC1. The van der Waals surface area contributed by atoms with Crippen LogP contribution in [0.2, 0.25) is 0 Å². The first-order chi connectivity index (χ1) is 10.8. The van der Waals surface area contributed by atoms with Crippen molar-refractivity contribution in [1.29, 1.82) is 0 Å². The number of carbonyl (C=O) groups excluding carboxylic acids is 1. The smallest absolute Gasteiger partial charge is 0.323 e. The van der Waals surface area contributed by atoms with Gasteiger partial charge in [0.15, 0.2) is 11.5 Å². The second-order valence-electron chi connectivity index (χ2n) is 5.97. The van der Waals surface area contributed by atoms with E-state index in [0.717, 1.165) is 50.6 Å². The first-order valence-electron chi connectivity index (χ1n) is 7.81. The number of piperazine rings is 1. The lowest BCUT2D eigenvalue weighted by Gasteiger charge is -2.36. The van der Waals surface area contributed by atoms with Gasteiger partial charge >= 0.3 is 5.97 Å². The third-order valence-corrected chi connectivity index (χ3v) is 4.60. The summed E-state index contributed by atoms with van der Waals surface area (Å²) in [7, 11) is 0. The van der Waals surface area contributed by atoms with Crippen molar-refractivity contribution in [3.8, 4) is 11.5 Å². The Hall–Kier alpha value is -1.79. The number of hydrogen-bond acceptors (Lipinski definition) is 6. The molecular formula is C16H20N2O4. The molecule has 2 fully saturated rings. The largest absolute Gasteiger partial charge is 0.464 e. The molecule has 0 aliphatic carbocycles. The summed E-state index contributed by atoms with van der Waals surface area (Å²) in [6.45, 7) is 5.57. The van der Waals surface area contributed by atoms with Crippen LogP contribution < -0.4 is 9.47 Å². The summed E-state index contributed by atoms with van der Waals surface area (Å²) in [5.41, 5.74) is 1.23. The number of benzene rings is 1. The van der Waals surface area contributed by atoms with Crippen molar-refractivity contribution in [2.45, 2.75) is 19.0 Å². The van der Waals surface area contributed by atoms with Crippen LogP contribution in [0.15, 0.2) is 18.2 Å². The molecule has 1 aromatic rings. The Morgan fingerprint density at radius 3 is 2.64 bits per heavy atom. The van der Waals surface area contributed by atoms with E-state index in [2.05, 4.69) is 21.9 Å². The van der Waals surface area contributed by atoms with Crippen LogP contribution >= 0.6 is 0 Å². The lowest BCUT2D eigenvalue weighted by atomic mass is 10.1. The van der Waals surface area contributed by atoms with E-state index < -0.39 is 0 Å². The molecule has 1 unspecified atom stereocenters. The van der Waals surface area contributed by atoms with Crippen molar-refractivity contribution in [2.24, 2.45) is 0 Å². The monoisotopic (exact) mass is 304 g/mol. The van der Waals surface area contributed by atoms with Gasteiger partial charge in [-0.05, 0) is 17.7 Å². The van der Waals surface area contributed by atoms with Crippen molar-refractivity contribution < 1.29 is 19.0 Å². The molecular weight excluding hydrogens is 284 g/mol. The van der Waals surface area contributed by atoms with E-state index in [4.69, 9.17) is 14.2 Å². The summed E-state index contributed by atoms with van der Waals surface area (Å²) in [6.07, 6.45) is 0.834. The summed E-state index contributed by atoms with van der Waals surface area (Å²) < 4.78 is 15.8. The minimum absolute atomic E-state index is 0.0207. The van der Waals surface area contributed by atoms with Gasteiger partial charge in [0.25, 0.3) is 0 Å². The van der Waals surface area contributed by atoms with Gasteiger partial charge in [-0.3, -0.25) is 14.6 Å². The van der Waals surface area contributed by atoms with E-state index in [1.54, 1.807) is 0 Å². The molecule has 0 amide bonds. The summed E-state index contributed by atoms with van der Waals surface area (Å²) in [5.74, 6) is 1.61. The molecule has 2 saturated heterocycles. The Morgan fingerprint density at radius 2 is 1.86 bits per heavy atom. The second kappa shape index (κ2) is 5.78. The third kappa shape index (κ3) is 2.64. The number of carbonyl (C=O) groups is 1. The molecule has 118 valence electrons. The van der Waals surface area contributed by atoms with Gasteiger partial charge in [0.05, 0.1) is 6.61 Å². The third-order valence-electron chi connectivity index (χ3n) is 4.60. The van der Waals surface area contributed by atoms with Crippen LogP contribution in [0.1, 0.15) is 12.0 Å². The predicted molar refractivity (Wildman–Crippen MR) is 78.8 cm³/mol. The van der Waals surface area contributed by atoms with Crippen LogP contribution in [0.4, 0.5) is 0 Å². The van der Waals surface area contributed by atoms with Gasteiger partial charge in [-0.25, -0.2) is 0 Å². The zero-order valence-corrected chi connectivity index (χ0v) is 12.5. The minimum atomic E-state index is -0.0516. The fraction of sp³-hybridized carbons (Fsp3) is 0.562. The van der Waals surface area contributed by atoms with Crippen molar-refractivity contribution in [3.05, 3.63) is 23.8 Å². The Kier molecular flexibility index (Phi) is 3.63. The fourth-order valence-corrected chi connectivity index (χ4v) is 3.35. The number of rotatable bonds is 3. The van der Waals surface area contributed by atoms with Crippen molar-refractivity contribution in [3.63, 3.8) is 0 Å². The van der Waals surface area contributed by atoms with Gasteiger partial charge in [0.2, 0.25) is 6.79 Å². The number of ether oxygens (including phenoxy) is 3. The van der Waals surface area contributed by atoms with Crippen LogP contribution in [-0.2, 0) is 16.1 Å². The highest BCUT2D eigenvalue weighted by Crippen LogP contribution is 2.32. The molecule has 3 heterocycles. The molecule has 0 aromatic heterocycles. The average molecular weight is 304 g/mol. The van der Waals surface area contributed by atoms with E-state index in [9.17, 15) is 4.79 Å². The van der Waals surface area contributed by atoms with Crippen LogP contribution in [0, 0.1) is 0 Å². The Balaban J connectivity index is 1.33. The van der Waals surface area contributed by atoms with Gasteiger partial charge in [0.1, 0.15) is 6.04 Å². The van der Waals surface area contributed by atoms with Gasteiger partial charge in [-0.15, -0.1) is 0 Å². The molecule has 0 spiro atoms. The molecule has 6 heteroatoms. The second-order valence-corrected chi connectivity index (χ2v) is 5.97. The highest BCUT2D eigenvalue weighted by molar-refractivity contribution is 5.77. The predicted octanol–water partition coefficient (Wildman–Crippen LogP) is 0.848. The van der Waals surface area contributed by atoms with E-state index >= 15 is 0 Å². The molecule has 1 atom stereocenters. The number of hydrogen-bond donors (Lipinski definition) is 0. The molecule has 4 rings (SSSR count). The first kappa shape index (κ1) is 13.8. The number of cyclic esters (lactones) is 1. The minimum Gasteiger partial charge on any atom is -0.464 e. The molecule has 0 bridgehead atoms. The van der Waals surface area contributed by atoms with Gasteiger partial charge in [-0.1, -0.05) is 6.07 Å². The Labute approximate surface area is 129 Å². The Morgan fingerprint density at radius 1 is 1.05 bits per heavy atom. The van der Waals surface area contributed by atoms with Gasteiger partial charge in [0, 0.05) is 39.1 Å². The number of nitrogens with zero attached hydrogens (tertiary/aromatic N) is 2. The van der Waals surface area contributed by atoms with E-state index in [1.807, 2.05) is 6.07 Å². The topological polar surface area (TPSA) is 51.2 Å². The Bertz CT molecular complexity index is 569. The molecule has 0 radical (unpaired) electrons. The lowest BCUT2D eigenvalue weighted by molar-refractivity contribution is -0.142. The van der Waals surface area contributed by atoms with Crippen LogP contribution in [0.25, 0.3) is 0 Å². The van der Waals surface area contributed by atoms with E-state index in [-0.39, 0.29) is 12.0 Å². The van der Waals surface area contributed by atoms with Gasteiger partial charge in [-0.2, -0.15) is 0 Å². The van der Waals surface area contributed by atoms with Crippen LogP contribution in [0.5, 0.6) is 11.5 Å². The summed E-state index contributed by atoms with van der Waals surface area (Å²) in [5, 5.41) is 0. The standard InChI is InChI=1S/C16H20N2O4/c19-16-13(3-8-20-16)18-6-4-17(5-7-18)10-12-1-2-14-15(9-12)22-11-21-14/h1-2,9,13H,3-8,10-11H2. The lowest BCUT2D eigenvalue weighted by Crippen LogP contribution is -2.51. The van der Waals surface area contributed by atoms with Crippen LogP contribution in [-0.4, -0.2) is 61.4 Å².